The standard InChI is InChI=1S/C23H20N2O2/c1-15-24-23(27)20(22(25(15)2)17-9-4-3-5-10-17)14-19-18-11-7-6-8-16(18)12-13-21(19)26/h3-13,26H,1,14H2,2H3,(H,24,27). The molecule has 3 aromatic rings. The van der Waals surface area contributed by atoms with Gasteiger partial charge < -0.3 is 15.3 Å². The van der Waals surface area contributed by atoms with Gasteiger partial charge in [-0.3, -0.25) is 4.79 Å². The highest BCUT2D eigenvalue weighted by atomic mass is 16.3. The van der Waals surface area contributed by atoms with Crippen LogP contribution in [-0.4, -0.2) is 23.0 Å². The summed E-state index contributed by atoms with van der Waals surface area (Å²) in [4.78, 5) is 14.7. The second kappa shape index (κ2) is 6.65. The molecule has 2 N–H and O–H groups in total. The highest BCUT2D eigenvalue weighted by Crippen LogP contribution is 2.34. The maximum Gasteiger partial charge on any atom is 0.255 e. The molecule has 0 bridgehead atoms. The molecule has 0 saturated carbocycles. The fourth-order valence-electron chi connectivity index (χ4n) is 3.55. The van der Waals surface area contributed by atoms with E-state index in [4.69, 9.17) is 0 Å². The van der Waals surface area contributed by atoms with E-state index in [1.165, 1.54) is 0 Å². The van der Waals surface area contributed by atoms with Gasteiger partial charge in [-0.2, -0.15) is 0 Å². The smallest absolute Gasteiger partial charge is 0.255 e. The Kier molecular flexibility index (Phi) is 4.16. The molecule has 0 fully saturated rings. The molecule has 1 amide bonds. The Bertz CT molecular complexity index is 1080. The summed E-state index contributed by atoms with van der Waals surface area (Å²) in [6, 6.07) is 21.2. The number of amides is 1. The average molecular weight is 356 g/mol. The lowest BCUT2D eigenvalue weighted by atomic mass is 9.93. The minimum atomic E-state index is -0.190. The maximum absolute atomic E-state index is 12.8. The lowest BCUT2D eigenvalue weighted by molar-refractivity contribution is -0.117. The Balaban J connectivity index is 1.92. The van der Waals surface area contributed by atoms with Crippen LogP contribution >= 0.6 is 0 Å². The van der Waals surface area contributed by atoms with Crippen LogP contribution in [-0.2, 0) is 11.2 Å². The minimum absolute atomic E-state index is 0.188. The molecule has 134 valence electrons. The number of phenolic OH excluding ortho intramolecular Hbond substituents is 1. The van der Waals surface area contributed by atoms with Gasteiger partial charge >= 0.3 is 0 Å². The normalized spacial score (nSPS) is 14.6. The van der Waals surface area contributed by atoms with Crippen molar-refractivity contribution in [1.82, 2.24) is 10.2 Å². The van der Waals surface area contributed by atoms with Crippen molar-refractivity contribution in [3.63, 3.8) is 0 Å². The number of benzene rings is 3. The third-order valence-corrected chi connectivity index (χ3v) is 4.97. The molecule has 0 aromatic heterocycles. The van der Waals surface area contributed by atoms with Crippen LogP contribution in [0.1, 0.15) is 11.1 Å². The second-order valence-electron chi connectivity index (χ2n) is 6.61. The van der Waals surface area contributed by atoms with Crippen LogP contribution in [0.25, 0.3) is 16.5 Å². The number of hydrogen-bond acceptors (Lipinski definition) is 3. The molecular weight excluding hydrogens is 336 g/mol. The van der Waals surface area contributed by atoms with E-state index in [-0.39, 0.29) is 11.7 Å². The predicted octanol–water partition coefficient (Wildman–Crippen LogP) is 4.03. The largest absolute Gasteiger partial charge is 0.508 e. The van der Waals surface area contributed by atoms with E-state index in [0.717, 1.165) is 27.6 Å². The molecule has 27 heavy (non-hydrogen) atoms. The number of aromatic hydroxyl groups is 1. The molecule has 0 atom stereocenters. The van der Waals surface area contributed by atoms with Crippen LogP contribution in [0.3, 0.4) is 0 Å². The van der Waals surface area contributed by atoms with Gasteiger partial charge in [0.1, 0.15) is 11.6 Å². The summed E-state index contributed by atoms with van der Waals surface area (Å²) >= 11 is 0. The van der Waals surface area contributed by atoms with Crippen LogP contribution in [0.4, 0.5) is 0 Å². The third-order valence-electron chi connectivity index (χ3n) is 4.97. The van der Waals surface area contributed by atoms with Crippen molar-refractivity contribution in [1.29, 1.82) is 0 Å². The van der Waals surface area contributed by atoms with Gasteiger partial charge in [0.05, 0.1) is 5.70 Å². The number of hydrogen-bond donors (Lipinski definition) is 2. The van der Waals surface area contributed by atoms with Gasteiger partial charge in [-0.25, -0.2) is 0 Å². The minimum Gasteiger partial charge on any atom is -0.508 e. The fourth-order valence-corrected chi connectivity index (χ4v) is 3.55. The van der Waals surface area contributed by atoms with E-state index in [0.29, 0.717) is 17.8 Å². The van der Waals surface area contributed by atoms with Crippen LogP contribution < -0.4 is 5.32 Å². The molecular formula is C23H20N2O2. The van der Waals surface area contributed by atoms with Gasteiger partial charge in [0.25, 0.3) is 5.91 Å². The molecule has 1 heterocycles. The number of nitrogens with zero attached hydrogens (tertiary/aromatic N) is 1. The lowest BCUT2D eigenvalue weighted by Crippen LogP contribution is -2.39. The summed E-state index contributed by atoms with van der Waals surface area (Å²) in [7, 11) is 1.88. The summed E-state index contributed by atoms with van der Waals surface area (Å²) < 4.78 is 0. The molecule has 0 unspecified atom stereocenters. The summed E-state index contributed by atoms with van der Waals surface area (Å²) in [5, 5.41) is 15.3. The van der Waals surface area contributed by atoms with E-state index in [1.807, 2.05) is 72.6 Å². The number of carbonyl (C=O) groups is 1. The first kappa shape index (κ1) is 16.9. The van der Waals surface area contributed by atoms with Crippen molar-refractivity contribution < 1.29 is 9.90 Å². The maximum atomic E-state index is 12.8. The van der Waals surface area contributed by atoms with Gasteiger partial charge in [-0.05, 0) is 22.4 Å². The Labute approximate surface area is 158 Å². The van der Waals surface area contributed by atoms with Gasteiger partial charge in [0.15, 0.2) is 0 Å². The molecule has 0 radical (unpaired) electrons. The van der Waals surface area contributed by atoms with Gasteiger partial charge in [0.2, 0.25) is 0 Å². The van der Waals surface area contributed by atoms with Crippen LogP contribution in [0.5, 0.6) is 5.75 Å². The molecule has 4 nitrogen and oxygen atoms in total. The molecule has 3 aromatic carbocycles. The lowest BCUT2D eigenvalue weighted by Gasteiger charge is -2.32. The van der Waals surface area contributed by atoms with Gasteiger partial charge in [0, 0.05) is 24.6 Å². The Morgan fingerprint density at radius 1 is 1.00 bits per heavy atom. The second-order valence-corrected chi connectivity index (χ2v) is 6.61. The topological polar surface area (TPSA) is 52.6 Å². The van der Waals surface area contributed by atoms with Crippen molar-refractivity contribution in [2.45, 2.75) is 6.42 Å². The average Bonchev–Trinajstić information content (AvgIpc) is 2.68. The monoisotopic (exact) mass is 356 g/mol. The molecule has 0 spiro atoms. The van der Waals surface area contributed by atoms with E-state index in [9.17, 15) is 9.90 Å². The van der Waals surface area contributed by atoms with Crippen molar-refractivity contribution in [3.05, 3.63) is 95.8 Å². The molecule has 0 aliphatic carbocycles. The Morgan fingerprint density at radius 3 is 2.48 bits per heavy atom. The van der Waals surface area contributed by atoms with Gasteiger partial charge in [-0.15, -0.1) is 0 Å². The quantitative estimate of drug-likeness (QED) is 0.745. The zero-order chi connectivity index (χ0) is 19.0. The zero-order valence-electron chi connectivity index (χ0n) is 15.1. The first-order valence-corrected chi connectivity index (χ1v) is 8.78. The number of nitrogens with one attached hydrogen (secondary N) is 1. The third kappa shape index (κ3) is 2.95. The molecule has 1 aliphatic rings. The first-order chi connectivity index (χ1) is 13.1. The zero-order valence-corrected chi connectivity index (χ0v) is 15.1. The SMILES string of the molecule is C=C1NC(=O)C(Cc2c(O)ccc3ccccc23)=C(c2ccccc2)N1C. The predicted molar refractivity (Wildman–Crippen MR) is 108 cm³/mol. The summed E-state index contributed by atoms with van der Waals surface area (Å²) in [6.45, 7) is 3.94. The molecule has 4 heteroatoms. The van der Waals surface area contributed by atoms with Crippen molar-refractivity contribution in [2.24, 2.45) is 0 Å². The highest BCUT2D eigenvalue weighted by molar-refractivity contribution is 6.05. The molecule has 1 aliphatic heterocycles. The summed E-state index contributed by atoms with van der Waals surface area (Å²) in [6.07, 6.45) is 0.320. The van der Waals surface area contributed by atoms with Crippen LogP contribution in [0.15, 0.2) is 84.7 Å². The van der Waals surface area contributed by atoms with Crippen molar-refractivity contribution in [3.8, 4) is 5.75 Å². The Hall–Kier alpha value is -3.53. The molecule has 4 rings (SSSR count). The fraction of sp³-hybridized carbons (Fsp3) is 0.0870. The highest BCUT2D eigenvalue weighted by Gasteiger charge is 2.28. The summed E-state index contributed by atoms with van der Waals surface area (Å²) in [5.74, 6) is 0.530. The van der Waals surface area contributed by atoms with Crippen LogP contribution in [0.2, 0.25) is 0 Å². The van der Waals surface area contributed by atoms with E-state index in [2.05, 4.69) is 11.9 Å². The number of fused-ring (bicyclic) bond motifs is 1. The summed E-state index contributed by atoms with van der Waals surface area (Å²) in [5.41, 5.74) is 3.08. The Morgan fingerprint density at radius 2 is 1.70 bits per heavy atom. The van der Waals surface area contributed by atoms with Crippen molar-refractivity contribution >= 4 is 22.4 Å². The van der Waals surface area contributed by atoms with Crippen LogP contribution in [0, 0.1) is 0 Å². The molecule has 0 saturated heterocycles. The van der Waals surface area contributed by atoms with E-state index < -0.39 is 0 Å². The van der Waals surface area contributed by atoms with E-state index >= 15 is 0 Å². The number of rotatable bonds is 3. The number of carbonyl (C=O) groups excluding carboxylic acids is 1. The first-order valence-electron chi connectivity index (χ1n) is 8.78. The van der Waals surface area contributed by atoms with Gasteiger partial charge in [-0.1, -0.05) is 67.2 Å². The van der Waals surface area contributed by atoms with Crippen molar-refractivity contribution in [2.75, 3.05) is 7.05 Å². The number of phenols is 1. The van der Waals surface area contributed by atoms with E-state index in [1.54, 1.807) is 6.07 Å².